The van der Waals surface area contributed by atoms with Crippen LogP contribution in [0, 0.1) is 0 Å². The number of rotatable bonds is 0. The van der Waals surface area contributed by atoms with Gasteiger partial charge in [0.25, 0.3) is 0 Å². The molecular weight excluding hydrogens is 202 g/mol. The molecule has 5 N–H and O–H groups in total. The topological polar surface area (TPSA) is 73.3 Å². The minimum absolute atomic E-state index is 0.609. The molecule has 0 amide bonds. The van der Waals surface area contributed by atoms with Crippen molar-refractivity contribution < 1.29 is 4.74 Å². The van der Waals surface area contributed by atoms with E-state index < -0.39 is 0 Å². The Kier molecular flexibility index (Phi) is 1.71. The van der Waals surface area contributed by atoms with E-state index in [-0.39, 0.29) is 0 Å². The van der Waals surface area contributed by atoms with E-state index in [0.717, 1.165) is 11.4 Å². The maximum atomic E-state index is 5.84. The monoisotopic (exact) mass is 213 g/mol. The molecule has 3 rings (SSSR count). The summed E-state index contributed by atoms with van der Waals surface area (Å²) in [4.78, 5) is 0. The van der Waals surface area contributed by atoms with Crippen molar-refractivity contribution in [2.75, 3.05) is 16.8 Å². The zero-order valence-corrected chi connectivity index (χ0v) is 8.53. The summed E-state index contributed by atoms with van der Waals surface area (Å²) in [6.07, 6.45) is 0. The molecule has 0 bridgehead atoms. The Morgan fingerprint density at radius 2 is 1.88 bits per heavy atom. The molecule has 0 atom stereocenters. The van der Waals surface area contributed by atoms with Crippen molar-refractivity contribution in [3.05, 3.63) is 36.4 Å². The van der Waals surface area contributed by atoms with Crippen LogP contribution >= 0.6 is 0 Å². The van der Waals surface area contributed by atoms with Crippen LogP contribution in [-0.2, 0) is 0 Å². The molecule has 4 nitrogen and oxygen atoms in total. The van der Waals surface area contributed by atoms with E-state index in [1.807, 2.05) is 24.3 Å². The molecule has 1 aliphatic rings. The molecule has 80 valence electrons. The van der Waals surface area contributed by atoms with Gasteiger partial charge in [-0.15, -0.1) is 0 Å². The molecular formula is C12H11N3O. The molecule has 0 spiro atoms. The van der Waals surface area contributed by atoms with E-state index in [2.05, 4.69) is 5.32 Å². The van der Waals surface area contributed by atoms with Gasteiger partial charge >= 0.3 is 0 Å². The Morgan fingerprint density at radius 3 is 2.75 bits per heavy atom. The molecule has 0 radical (unpaired) electrons. The summed E-state index contributed by atoms with van der Waals surface area (Å²) in [6, 6.07) is 11.1. The largest absolute Gasteiger partial charge is 0.451 e. The average molecular weight is 213 g/mol. The molecule has 1 aliphatic heterocycles. The first-order chi connectivity index (χ1) is 7.74. The molecule has 0 aliphatic carbocycles. The fraction of sp³-hybridized carbons (Fsp3) is 0. The maximum Gasteiger partial charge on any atom is 0.173 e. The summed E-state index contributed by atoms with van der Waals surface area (Å²) in [5.41, 5.74) is 14.6. The van der Waals surface area contributed by atoms with Gasteiger partial charge in [-0.3, -0.25) is 0 Å². The smallest absolute Gasteiger partial charge is 0.173 e. The van der Waals surface area contributed by atoms with Gasteiger partial charge in [0, 0.05) is 11.8 Å². The summed E-state index contributed by atoms with van der Waals surface area (Å²) < 4.78 is 5.72. The van der Waals surface area contributed by atoms with Crippen LogP contribution in [0.3, 0.4) is 0 Å². The Hall–Kier alpha value is -2.36. The van der Waals surface area contributed by atoms with Gasteiger partial charge in [-0.05, 0) is 24.3 Å². The highest BCUT2D eigenvalue weighted by Gasteiger charge is 2.18. The van der Waals surface area contributed by atoms with Crippen molar-refractivity contribution in [2.24, 2.45) is 0 Å². The normalized spacial score (nSPS) is 12.0. The highest BCUT2D eigenvalue weighted by atomic mass is 16.5. The zero-order valence-electron chi connectivity index (χ0n) is 8.53. The first-order valence-electron chi connectivity index (χ1n) is 4.97. The average Bonchev–Trinajstić information content (AvgIpc) is 2.28. The van der Waals surface area contributed by atoms with Crippen LogP contribution in [0.15, 0.2) is 36.4 Å². The van der Waals surface area contributed by atoms with Crippen LogP contribution < -0.4 is 21.5 Å². The lowest BCUT2D eigenvalue weighted by Gasteiger charge is -2.22. The fourth-order valence-electron chi connectivity index (χ4n) is 1.75. The Morgan fingerprint density at radius 1 is 1.00 bits per heavy atom. The number of fused-ring (bicyclic) bond motifs is 2. The van der Waals surface area contributed by atoms with Gasteiger partial charge in [-0.1, -0.05) is 6.07 Å². The van der Waals surface area contributed by atoms with Gasteiger partial charge in [0.2, 0.25) is 0 Å². The number of nitrogens with one attached hydrogen (secondary N) is 1. The number of nitrogens with two attached hydrogens (primary N) is 2. The van der Waals surface area contributed by atoms with Gasteiger partial charge in [-0.25, -0.2) is 0 Å². The summed E-state index contributed by atoms with van der Waals surface area (Å²) in [5.74, 6) is 1.35. The predicted molar refractivity (Wildman–Crippen MR) is 65.1 cm³/mol. The molecule has 0 saturated carbocycles. The number of nitrogen functional groups attached to an aromatic ring is 2. The molecule has 4 heteroatoms. The lowest BCUT2D eigenvalue weighted by atomic mass is 10.2. The van der Waals surface area contributed by atoms with E-state index >= 15 is 0 Å². The van der Waals surface area contributed by atoms with E-state index in [1.165, 1.54) is 0 Å². The van der Waals surface area contributed by atoms with Crippen molar-refractivity contribution in [2.45, 2.75) is 0 Å². The minimum Gasteiger partial charge on any atom is -0.451 e. The van der Waals surface area contributed by atoms with E-state index in [0.29, 0.717) is 22.9 Å². The summed E-state index contributed by atoms with van der Waals surface area (Å²) >= 11 is 0. The van der Waals surface area contributed by atoms with Crippen LogP contribution in [0.2, 0.25) is 0 Å². The molecule has 2 aromatic carbocycles. The van der Waals surface area contributed by atoms with Gasteiger partial charge in [0.15, 0.2) is 11.5 Å². The summed E-state index contributed by atoms with van der Waals surface area (Å²) in [6.45, 7) is 0. The van der Waals surface area contributed by atoms with E-state index in [4.69, 9.17) is 16.2 Å². The lowest BCUT2D eigenvalue weighted by molar-refractivity contribution is 0.484. The van der Waals surface area contributed by atoms with Crippen molar-refractivity contribution >= 4 is 22.7 Å². The van der Waals surface area contributed by atoms with Gasteiger partial charge < -0.3 is 21.5 Å². The number of para-hydroxylation sites is 1. The quantitative estimate of drug-likeness (QED) is 0.502. The number of anilines is 4. The second-order valence-corrected chi connectivity index (χ2v) is 3.71. The van der Waals surface area contributed by atoms with Crippen molar-refractivity contribution in [3.63, 3.8) is 0 Å². The van der Waals surface area contributed by atoms with Crippen molar-refractivity contribution in [1.29, 1.82) is 0 Å². The molecule has 0 aromatic heterocycles. The van der Waals surface area contributed by atoms with Crippen molar-refractivity contribution in [1.82, 2.24) is 0 Å². The SMILES string of the molecule is Nc1ccc2c(c1)Oc1c(N)cccc1N2. The molecule has 1 heterocycles. The Balaban J connectivity index is 2.13. The van der Waals surface area contributed by atoms with Gasteiger partial charge in [-0.2, -0.15) is 0 Å². The van der Waals surface area contributed by atoms with Crippen LogP contribution in [0.1, 0.15) is 0 Å². The van der Waals surface area contributed by atoms with Gasteiger partial charge in [0.05, 0.1) is 17.1 Å². The third-order valence-electron chi connectivity index (χ3n) is 2.53. The fourth-order valence-corrected chi connectivity index (χ4v) is 1.75. The third kappa shape index (κ3) is 1.24. The summed E-state index contributed by atoms with van der Waals surface area (Å²) in [7, 11) is 0. The second-order valence-electron chi connectivity index (χ2n) is 3.71. The third-order valence-corrected chi connectivity index (χ3v) is 2.53. The second kappa shape index (κ2) is 3.06. The molecule has 0 fully saturated rings. The van der Waals surface area contributed by atoms with E-state index in [1.54, 1.807) is 12.1 Å². The molecule has 0 saturated heterocycles. The highest BCUT2D eigenvalue weighted by Crippen LogP contribution is 2.45. The van der Waals surface area contributed by atoms with Crippen LogP contribution in [0.4, 0.5) is 22.7 Å². The number of hydrogen-bond donors (Lipinski definition) is 3. The maximum absolute atomic E-state index is 5.84. The lowest BCUT2D eigenvalue weighted by Crippen LogP contribution is -2.05. The van der Waals surface area contributed by atoms with Crippen LogP contribution in [-0.4, -0.2) is 0 Å². The predicted octanol–water partition coefficient (Wildman–Crippen LogP) is 2.70. The summed E-state index contributed by atoms with van der Waals surface area (Å²) in [5, 5.41) is 3.25. The number of benzene rings is 2. The Bertz CT molecular complexity index is 566. The Labute approximate surface area is 92.8 Å². The molecule has 0 unspecified atom stereocenters. The minimum atomic E-state index is 0.609. The first kappa shape index (κ1) is 8.91. The standard InChI is InChI=1S/C12H11N3O/c13-7-4-5-9-11(6-7)16-12-8(14)2-1-3-10(12)15-9/h1-6,15H,13-14H2. The van der Waals surface area contributed by atoms with E-state index in [9.17, 15) is 0 Å². The van der Waals surface area contributed by atoms with Crippen molar-refractivity contribution in [3.8, 4) is 11.5 Å². The highest BCUT2D eigenvalue weighted by molar-refractivity contribution is 5.81. The number of hydrogen-bond acceptors (Lipinski definition) is 4. The molecule has 2 aromatic rings. The number of ether oxygens (including phenoxy) is 1. The zero-order chi connectivity index (χ0) is 11.1. The van der Waals surface area contributed by atoms with Crippen LogP contribution in [0.25, 0.3) is 0 Å². The first-order valence-corrected chi connectivity index (χ1v) is 4.97. The van der Waals surface area contributed by atoms with Crippen LogP contribution in [0.5, 0.6) is 11.5 Å². The molecule has 16 heavy (non-hydrogen) atoms. The van der Waals surface area contributed by atoms with Gasteiger partial charge in [0.1, 0.15) is 0 Å².